The van der Waals surface area contributed by atoms with Crippen LogP contribution in [0.4, 0.5) is 0 Å². The van der Waals surface area contributed by atoms with E-state index in [1.807, 2.05) is 25.2 Å². The molecule has 0 amide bonds. The van der Waals surface area contributed by atoms with Crippen LogP contribution in [0.1, 0.15) is 0 Å². The van der Waals surface area contributed by atoms with E-state index in [4.69, 9.17) is 0 Å². The standard InChI is InChI=1S/C10H13N/c1-9-5-3-4-6-10(9)7-8-11-2/h3-7,11H,1,8H2,2H3/b10-7-. The van der Waals surface area contributed by atoms with Crippen LogP contribution in [0.15, 0.2) is 24.3 Å². The highest BCUT2D eigenvalue weighted by Gasteiger charge is 1.78. The van der Waals surface area contributed by atoms with Gasteiger partial charge in [-0.15, -0.1) is 0 Å². The average molecular weight is 147 g/mol. The zero-order valence-corrected chi connectivity index (χ0v) is 6.80. The van der Waals surface area contributed by atoms with Gasteiger partial charge >= 0.3 is 0 Å². The maximum absolute atomic E-state index is 3.91. The van der Waals surface area contributed by atoms with Gasteiger partial charge in [-0.1, -0.05) is 36.9 Å². The van der Waals surface area contributed by atoms with Crippen molar-refractivity contribution in [1.29, 1.82) is 0 Å². The minimum Gasteiger partial charge on any atom is -0.316 e. The molecular formula is C10H13N. The lowest BCUT2D eigenvalue weighted by atomic mass is 10.2. The summed E-state index contributed by atoms with van der Waals surface area (Å²) in [6.45, 7) is 4.81. The fraction of sp³-hybridized carbons (Fsp3) is 0.200. The second-order valence-corrected chi connectivity index (χ2v) is 2.46. The van der Waals surface area contributed by atoms with Crippen molar-refractivity contribution in [1.82, 2.24) is 5.32 Å². The summed E-state index contributed by atoms with van der Waals surface area (Å²) >= 11 is 0. The lowest BCUT2D eigenvalue weighted by Crippen LogP contribution is -2.23. The summed E-state index contributed by atoms with van der Waals surface area (Å²) in [6, 6.07) is 8.11. The molecule has 0 atom stereocenters. The maximum Gasteiger partial charge on any atom is 0.0140 e. The van der Waals surface area contributed by atoms with Crippen molar-refractivity contribution >= 4 is 12.7 Å². The average Bonchev–Trinajstić information content (AvgIpc) is 2.03. The predicted molar refractivity (Wildman–Crippen MR) is 49.6 cm³/mol. The van der Waals surface area contributed by atoms with Gasteiger partial charge in [0.15, 0.2) is 0 Å². The fourth-order valence-corrected chi connectivity index (χ4v) is 0.945. The zero-order chi connectivity index (χ0) is 8.10. The van der Waals surface area contributed by atoms with Gasteiger partial charge in [0, 0.05) is 6.54 Å². The Morgan fingerprint density at radius 2 is 2.18 bits per heavy atom. The van der Waals surface area contributed by atoms with E-state index in [0.29, 0.717) is 0 Å². The molecule has 0 aliphatic carbocycles. The second-order valence-electron chi connectivity index (χ2n) is 2.46. The Hall–Kier alpha value is -1.08. The summed E-state index contributed by atoms with van der Waals surface area (Å²) in [5.41, 5.74) is 0. The first-order chi connectivity index (χ1) is 5.34. The van der Waals surface area contributed by atoms with Gasteiger partial charge < -0.3 is 5.32 Å². The van der Waals surface area contributed by atoms with Crippen LogP contribution in [0.3, 0.4) is 0 Å². The minimum absolute atomic E-state index is 0.895. The summed E-state index contributed by atoms with van der Waals surface area (Å²) in [5.74, 6) is 0. The number of rotatable bonds is 2. The molecule has 0 saturated carbocycles. The molecule has 0 aliphatic rings. The Morgan fingerprint density at radius 1 is 1.45 bits per heavy atom. The van der Waals surface area contributed by atoms with E-state index in [1.165, 1.54) is 5.22 Å². The molecule has 58 valence electrons. The molecule has 0 radical (unpaired) electrons. The van der Waals surface area contributed by atoms with Crippen LogP contribution in [-0.4, -0.2) is 13.6 Å². The number of benzene rings is 1. The normalized spacial score (nSPS) is 11.9. The molecule has 1 nitrogen and oxygen atoms in total. The fourth-order valence-electron chi connectivity index (χ4n) is 0.945. The molecule has 0 spiro atoms. The van der Waals surface area contributed by atoms with Crippen LogP contribution in [0, 0.1) is 0 Å². The van der Waals surface area contributed by atoms with Gasteiger partial charge in [-0.3, -0.25) is 0 Å². The first-order valence-electron chi connectivity index (χ1n) is 3.73. The molecule has 11 heavy (non-hydrogen) atoms. The van der Waals surface area contributed by atoms with E-state index in [1.54, 1.807) is 0 Å². The van der Waals surface area contributed by atoms with Gasteiger partial charge in [0.1, 0.15) is 0 Å². The van der Waals surface area contributed by atoms with Crippen molar-refractivity contribution in [3.05, 3.63) is 34.7 Å². The van der Waals surface area contributed by atoms with E-state index in [0.717, 1.165) is 11.8 Å². The van der Waals surface area contributed by atoms with Crippen LogP contribution in [0.25, 0.3) is 12.7 Å². The first-order valence-corrected chi connectivity index (χ1v) is 3.73. The first kappa shape index (κ1) is 8.02. The number of nitrogens with one attached hydrogen (secondary N) is 1. The van der Waals surface area contributed by atoms with Crippen LogP contribution in [-0.2, 0) is 0 Å². The Labute approximate surface area is 67.1 Å². The molecule has 0 saturated heterocycles. The number of hydrogen-bond donors (Lipinski definition) is 1. The Balaban J connectivity index is 3.03. The quantitative estimate of drug-likeness (QED) is 0.625. The third kappa shape index (κ3) is 2.20. The molecule has 1 aromatic carbocycles. The van der Waals surface area contributed by atoms with Crippen LogP contribution in [0.5, 0.6) is 0 Å². The second kappa shape index (κ2) is 3.94. The molecule has 0 aromatic heterocycles. The molecule has 0 bridgehead atoms. The summed E-state index contributed by atoms with van der Waals surface area (Å²) in [7, 11) is 1.93. The minimum atomic E-state index is 0.895. The number of hydrogen-bond acceptors (Lipinski definition) is 1. The van der Waals surface area contributed by atoms with Gasteiger partial charge in [-0.25, -0.2) is 0 Å². The summed E-state index contributed by atoms with van der Waals surface area (Å²) < 4.78 is 0. The Kier molecular flexibility index (Phi) is 2.87. The van der Waals surface area contributed by atoms with E-state index < -0.39 is 0 Å². The molecular weight excluding hydrogens is 134 g/mol. The van der Waals surface area contributed by atoms with Gasteiger partial charge in [0.2, 0.25) is 0 Å². The largest absolute Gasteiger partial charge is 0.316 e. The molecule has 0 unspecified atom stereocenters. The third-order valence-corrected chi connectivity index (χ3v) is 1.58. The van der Waals surface area contributed by atoms with Gasteiger partial charge in [-0.05, 0) is 17.5 Å². The van der Waals surface area contributed by atoms with Crippen molar-refractivity contribution in [2.24, 2.45) is 0 Å². The monoisotopic (exact) mass is 147 g/mol. The molecule has 1 rings (SSSR count). The van der Waals surface area contributed by atoms with Crippen molar-refractivity contribution < 1.29 is 0 Å². The molecule has 1 heteroatoms. The highest BCUT2D eigenvalue weighted by molar-refractivity contribution is 5.27. The van der Waals surface area contributed by atoms with Crippen LogP contribution in [0.2, 0.25) is 0 Å². The van der Waals surface area contributed by atoms with Gasteiger partial charge in [-0.2, -0.15) is 0 Å². The van der Waals surface area contributed by atoms with Crippen molar-refractivity contribution in [3.63, 3.8) is 0 Å². The van der Waals surface area contributed by atoms with Crippen molar-refractivity contribution in [2.45, 2.75) is 0 Å². The Bertz CT molecular complexity index is 314. The van der Waals surface area contributed by atoms with E-state index in [2.05, 4.69) is 24.0 Å². The third-order valence-electron chi connectivity index (χ3n) is 1.58. The Morgan fingerprint density at radius 3 is 2.82 bits per heavy atom. The summed E-state index contributed by atoms with van der Waals surface area (Å²) in [5, 5.41) is 5.36. The predicted octanol–water partition coefficient (Wildman–Crippen LogP) is 0.0968. The van der Waals surface area contributed by atoms with E-state index in [9.17, 15) is 0 Å². The van der Waals surface area contributed by atoms with E-state index in [-0.39, 0.29) is 0 Å². The molecule has 0 heterocycles. The van der Waals surface area contributed by atoms with Gasteiger partial charge in [0.25, 0.3) is 0 Å². The van der Waals surface area contributed by atoms with Crippen LogP contribution >= 0.6 is 0 Å². The molecule has 1 aromatic rings. The summed E-state index contributed by atoms with van der Waals surface area (Å²) in [4.78, 5) is 0. The highest BCUT2D eigenvalue weighted by atomic mass is 14.8. The van der Waals surface area contributed by atoms with Crippen molar-refractivity contribution in [2.75, 3.05) is 13.6 Å². The lowest BCUT2D eigenvalue weighted by Gasteiger charge is -1.89. The van der Waals surface area contributed by atoms with Crippen molar-refractivity contribution in [3.8, 4) is 0 Å². The maximum atomic E-state index is 3.91. The highest BCUT2D eigenvalue weighted by Crippen LogP contribution is 1.69. The molecule has 1 N–H and O–H groups in total. The summed E-state index contributed by atoms with van der Waals surface area (Å²) in [6.07, 6.45) is 2.13. The zero-order valence-electron chi connectivity index (χ0n) is 6.80. The molecule has 0 aliphatic heterocycles. The smallest absolute Gasteiger partial charge is 0.0140 e. The van der Waals surface area contributed by atoms with Gasteiger partial charge in [0.05, 0.1) is 0 Å². The van der Waals surface area contributed by atoms with E-state index >= 15 is 0 Å². The SMILES string of the molecule is C=c1cccc/c1=C/CNC. The topological polar surface area (TPSA) is 12.0 Å². The molecule has 0 fully saturated rings. The lowest BCUT2D eigenvalue weighted by molar-refractivity contribution is 0.944. The van der Waals surface area contributed by atoms with Crippen LogP contribution < -0.4 is 15.8 Å².